The molecule has 0 heterocycles. The van der Waals surface area contributed by atoms with Gasteiger partial charge in [-0.25, -0.2) is 0 Å². The Morgan fingerprint density at radius 3 is 2.67 bits per heavy atom. The summed E-state index contributed by atoms with van der Waals surface area (Å²) in [5.41, 5.74) is 3.14. The van der Waals surface area contributed by atoms with Gasteiger partial charge in [-0.05, 0) is 54.8 Å². The summed E-state index contributed by atoms with van der Waals surface area (Å²) in [4.78, 5) is 12.4. The van der Waals surface area contributed by atoms with Crippen LogP contribution in [-0.4, -0.2) is 18.1 Å². The third-order valence-corrected chi connectivity index (χ3v) is 3.52. The van der Waals surface area contributed by atoms with Gasteiger partial charge in [-0.1, -0.05) is 18.2 Å². The van der Waals surface area contributed by atoms with Crippen molar-refractivity contribution in [3.63, 3.8) is 0 Å². The molecule has 2 aromatic carbocycles. The average molecular weight is 322 g/mol. The first-order chi connectivity index (χ1) is 11.4. The number of aromatic hydroxyl groups is 1. The van der Waals surface area contributed by atoms with Gasteiger partial charge in [-0.3, -0.25) is 4.79 Å². The molecule has 0 fully saturated rings. The molecule has 2 aromatic rings. The summed E-state index contributed by atoms with van der Waals surface area (Å²) in [7, 11) is 1.43. The lowest BCUT2D eigenvalue weighted by molar-refractivity contribution is -0.112. The molecular weight excluding hydrogens is 304 g/mol. The van der Waals surface area contributed by atoms with E-state index in [0.29, 0.717) is 11.3 Å². The van der Waals surface area contributed by atoms with Crippen LogP contribution in [0.1, 0.15) is 16.7 Å². The van der Waals surface area contributed by atoms with Gasteiger partial charge in [0.1, 0.15) is 11.6 Å². The summed E-state index contributed by atoms with van der Waals surface area (Å²) in [6, 6.07) is 12.2. The van der Waals surface area contributed by atoms with Crippen LogP contribution in [0, 0.1) is 25.2 Å². The molecule has 0 aliphatic heterocycles. The predicted octanol–water partition coefficient (Wildman–Crippen LogP) is 3.56. The number of rotatable bonds is 4. The van der Waals surface area contributed by atoms with Gasteiger partial charge in [0, 0.05) is 5.69 Å². The van der Waals surface area contributed by atoms with Crippen molar-refractivity contribution in [3.05, 3.63) is 58.7 Å². The molecule has 0 unspecified atom stereocenters. The molecule has 2 rings (SSSR count). The number of phenols is 1. The minimum absolute atomic E-state index is 0.00649. The zero-order valence-electron chi connectivity index (χ0n) is 13.8. The zero-order chi connectivity index (χ0) is 17.7. The standard InChI is InChI=1S/C19H18N2O3/c1-12-4-5-13(2)16(8-12)21-19(23)15(11-20)9-14-6-7-17(22)18(10-14)24-3/h4-10,22H,1-3H3,(H,21,23). The molecule has 5 nitrogen and oxygen atoms in total. The van der Waals surface area contributed by atoms with E-state index in [-0.39, 0.29) is 17.1 Å². The van der Waals surface area contributed by atoms with Crippen molar-refractivity contribution in [3.8, 4) is 17.6 Å². The molecule has 0 aliphatic carbocycles. The Morgan fingerprint density at radius 2 is 2.00 bits per heavy atom. The molecule has 0 saturated heterocycles. The highest BCUT2D eigenvalue weighted by Crippen LogP contribution is 2.27. The number of hydrogen-bond donors (Lipinski definition) is 2. The molecule has 0 bridgehead atoms. The third kappa shape index (κ3) is 3.93. The number of nitriles is 1. The molecule has 5 heteroatoms. The zero-order valence-corrected chi connectivity index (χ0v) is 13.8. The number of nitrogens with one attached hydrogen (secondary N) is 1. The molecule has 24 heavy (non-hydrogen) atoms. The van der Waals surface area contributed by atoms with Crippen molar-refractivity contribution in [1.29, 1.82) is 5.26 Å². The Bertz CT molecular complexity index is 848. The largest absolute Gasteiger partial charge is 0.504 e. The summed E-state index contributed by atoms with van der Waals surface area (Å²) in [6.45, 7) is 3.81. The summed E-state index contributed by atoms with van der Waals surface area (Å²) < 4.78 is 5.02. The van der Waals surface area contributed by atoms with Crippen molar-refractivity contribution in [2.45, 2.75) is 13.8 Å². The lowest BCUT2D eigenvalue weighted by Gasteiger charge is -2.09. The number of ether oxygens (including phenoxy) is 1. The highest BCUT2D eigenvalue weighted by atomic mass is 16.5. The average Bonchev–Trinajstić information content (AvgIpc) is 2.57. The molecule has 1 amide bonds. The van der Waals surface area contributed by atoms with Crippen LogP contribution < -0.4 is 10.1 Å². The molecule has 2 N–H and O–H groups in total. The molecule has 122 valence electrons. The number of benzene rings is 2. The van der Waals surface area contributed by atoms with Gasteiger partial charge in [0.2, 0.25) is 0 Å². The van der Waals surface area contributed by atoms with Gasteiger partial charge in [-0.2, -0.15) is 5.26 Å². The first-order valence-electron chi connectivity index (χ1n) is 7.32. The van der Waals surface area contributed by atoms with Crippen molar-refractivity contribution >= 4 is 17.7 Å². The second kappa shape index (κ2) is 7.34. The van der Waals surface area contributed by atoms with E-state index in [1.54, 1.807) is 12.1 Å². The number of hydrogen-bond acceptors (Lipinski definition) is 4. The number of amides is 1. The topological polar surface area (TPSA) is 82.3 Å². The molecule has 0 spiro atoms. The van der Waals surface area contributed by atoms with Crippen LogP contribution >= 0.6 is 0 Å². The SMILES string of the molecule is COc1cc(C=C(C#N)C(=O)Nc2cc(C)ccc2C)ccc1O. The van der Waals surface area contributed by atoms with Gasteiger partial charge >= 0.3 is 0 Å². The third-order valence-electron chi connectivity index (χ3n) is 3.52. The quantitative estimate of drug-likeness (QED) is 0.666. The minimum atomic E-state index is -0.488. The monoisotopic (exact) mass is 322 g/mol. The van der Waals surface area contributed by atoms with Crippen LogP contribution in [0.5, 0.6) is 11.5 Å². The first kappa shape index (κ1) is 17.1. The lowest BCUT2D eigenvalue weighted by atomic mass is 10.1. The fourth-order valence-corrected chi connectivity index (χ4v) is 2.16. The fourth-order valence-electron chi connectivity index (χ4n) is 2.16. The highest BCUT2D eigenvalue weighted by molar-refractivity contribution is 6.10. The van der Waals surface area contributed by atoms with Gasteiger partial charge in [0.25, 0.3) is 5.91 Å². The Hall–Kier alpha value is -3.26. The normalized spacial score (nSPS) is 10.8. The second-order valence-corrected chi connectivity index (χ2v) is 5.37. The van der Waals surface area contributed by atoms with E-state index < -0.39 is 5.91 Å². The van der Waals surface area contributed by atoms with E-state index in [1.165, 1.54) is 19.3 Å². The number of carbonyl (C=O) groups excluding carboxylic acids is 1. The predicted molar refractivity (Wildman–Crippen MR) is 92.8 cm³/mol. The number of nitrogens with zero attached hydrogens (tertiary/aromatic N) is 1. The molecule has 0 saturated carbocycles. The Morgan fingerprint density at radius 1 is 1.25 bits per heavy atom. The number of aryl methyl sites for hydroxylation is 2. The van der Waals surface area contributed by atoms with Gasteiger partial charge < -0.3 is 15.2 Å². The van der Waals surface area contributed by atoms with E-state index in [9.17, 15) is 15.2 Å². The maximum atomic E-state index is 12.4. The lowest BCUT2D eigenvalue weighted by Crippen LogP contribution is -2.14. The molecule has 0 aromatic heterocycles. The smallest absolute Gasteiger partial charge is 0.266 e. The van der Waals surface area contributed by atoms with Gasteiger partial charge in [-0.15, -0.1) is 0 Å². The summed E-state index contributed by atoms with van der Waals surface area (Å²) in [5.74, 6) is -0.220. The number of carbonyl (C=O) groups is 1. The molecule has 0 atom stereocenters. The number of methoxy groups -OCH3 is 1. The van der Waals surface area contributed by atoms with Crippen molar-refractivity contribution in [2.24, 2.45) is 0 Å². The van der Waals surface area contributed by atoms with Crippen LogP contribution in [0.25, 0.3) is 6.08 Å². The Kier molecular flexibility index (Phi) is 5.23. The Labute approximate surface area is 140 Å². The second-order valence-electron chi connectivity index (χ2n) is 5.37. The maximum absolute atomic E-state index is 12.4. The number of phenolic OH excluding ortho intramolecular Hbond substituents is 1. The van der Waals surface area contributed by atoms with Crippen LogP contribution in [0.4, 0.5) is 5.69 Å². The first-order valence-corrected chi connectivity index (χ1v) is 7.32. The highest BCUT2D eigenvalue weighted by Gasteiger charge is 2.12. The maximum Gasteiger partial charge on any atom is 0.266 e. The molecule has 0 aliphatic rings. The molecule has 0 radical (unpaired) electrons. The van der Waals surface area contributed by atoms with Crippen LogP contribution in [0.3, 0.4) is 0 Å². The minimum Gasteiger partial charge on any atom is -0.504 e. The van der Waals surface area contributed by atoms with Crippen LogP contribution in [-0.2, 0) is 4.79 Å². The summed E-state index contributed by atoms with van der Waals surface area (Å²) >= 11 is 0. The van der Waals surface area contributed by atoms with E-state index in [4.69, 9.17) is 4.74 Å². The van der Waals surface area contributed by atoms with Crippen molar-refractivity contribution in [2.75, 3.05) is 12.4 Å². The van der Waals surface area contributed by atoms with Crippen molar-refractivity contribution in [1.82, 2.24) is 0 Å². The van der Waals surface area contributed by atoms with Crippen LogP contribution in [0.15, 0.2) is 42.0 Å². The van der Waals surface area contributed by atoms with Crippen LogP contribution in [0.2, 0.25) is 0 Å². The summed E-state index contributed by atoms with van der Waals surface area (Å²) in [5, 5.41) is 21.6. The fraction of sp³-hybridized carbons (Fsp3) is 0.158. The van der Waals surface area contributed by atoms with Gasteiger partial charge in [0.05, 0.1) is 7.11 Å². The van der Waals surface area contributed by atoms with Gasteiger partial charge in [0.15, 0.2) is 11.5 Å². The molecular formula is C19H18N2O3. The van der Waals surface area contributed by atoms with E-state index in [1.807, 2.05) is 38.1 Å². The van der Waals surface area contributed by atoms with E-state index >= 15 is 0 Å². The number of anilines is 1. The van der Waals surface area contributed by atoms with Crippen molar-refractivity contribution < 1.29 is 14.6 Å². The van der Waals surface area contributed by atoms with E-state index in [0.717, 1.165) is 11.1 Å². The van der Waals surface area contributed by atoms with E-state index in [2.05, 4.69) is 5.32 Å². The summed E-state index contributed by atoms with van der Waals surface area (Å²) in [6.07, 6.45) is 1.45. The Balaban J connectivity index is 2.29.